The lowest BCUT2D eigenvalue weighted by molar-refractivity contribution is -0.978. The fourth-order valence-electron chi connectivity index (χ4n) is 5.39. The van der Waals surface area contributed by atoms with E-state index in [4.69, 9.17) is 5.73 Å². The maximum atomic E-state index is 13.1. The Labute approximate surface area is 179 Å². The molecule has 3 aliphatic rings. The number of benzene rings is 1. The molecule has 0 unspecified atom stereocenters. The Morgan fingerprint density at radius 2 is 1.66 bits per heavy atom. The van der Waals surface area contributed by atoms with Crippen LogP contribution >= 0.6 is 15.9 Å². The third-order valence-corrected chi connectivity index (χ3v) is 7.60. The minimum Gasteiger partial charge on any atom is -0.364 e. The molecule has 0 bridgehead atoms. The van der Waals surface area contributed by atoms with E-state index in [1.54, 1.807) is 12.1 Å². The van der Waals surface area contributed by atoms with E-state index in [1.807, 2.05) is 12.1 Å². The number of nitrogens with two attached hydrogens (primary N) is 1. The molecule has 29 heavy (non-hydrogen) atoms. The molecule has 1 atom stereocenters. The van der Waals surface area contributed by atoms with Crippen molar-refractivity contribution in [3.63, 3.8) is 0 Å². The third kappa shape index (κ3) is 3.73. The van der Waals surface area contributed by atoms with E-state index < -0.39 is 5.54 Å². The number of nitrogens with zero attached hydrogens (tertiary/aromatic N) is 1. The van der Waals surface area contributed by atoms with Gasteiger partial charge in [0.25, 0.3) is 11.8 Å². The zero-order valence-corrected chi connectivity index (χ0v) is 18.2. The van der Waals surface area contributed by atoms with Gasteiger partial charge in [-0.15, -0.1) is 0 Å². The molecule has 1 aromatic carbocycles. The van der Waals surface area contributed by atoms with Crippen LogP contribution in [0.1, 0.15) is 38.5 Å². The van der Waals surface area contributed by atoms with Crippen LogP contribution in [0.4, 0.5) is 5.69 Å². The van der Waals surface area contributed by atoms with E-state index in [2.05, 4.69) is 15.9 Å². The average molecular weight is 465 g/mol. The van der Waals surface area contributed by atoms with Crippen LogP contribution < -0.4 is 20.4 Å². The Kier molecular flexibility index (Phi) is 5.77. The van der Waals surface area contributed by atoms with E-state index in [-0.39, 0.29) is 30.2 Å². The highest BCUT2D eigenvalue weighted by Crippen LogP contribution is 2.24. The van der Waals surface area contributed by atoms with Crippen molar-refractivity contribution in [1.29, 1.82) is 0 Å². The Morgan fingerprint density at radius 3 is 2.24 bits per heavy atom. The molecule has 1 aromatic rings. The average Bonchev–Trinajstić information content (AvgIpc) is 3.03. The second-order valence-electron chi connectivity index (χ2n) is 8.57. The normalized spacial score (nSPS) is 31.3. The minimum atomic E-state index is -0.513. The molecule has 0 spiro atoms. The molecule has 156 valence electrons. The standard InChI is InChI=1S/C21H27BrN4O3/c22-15-4-6-16(7-5-15)26-18(27)14-17(19(26)28)24-12-8-21(9-13-24,20(23)29)25-10-2-1-3-11-25/h4-7,17H,1-3,8-14H2,(H2,23,29)/p+2/t17-/m1/s1. The summed E-state index contributed by atoms with van der Waals surface area (Å²) in [7, 11) is 0. The van der Waals surface area contributed by atoms with Crippen molar-refractivity contribution in [3.05, 3.63) is 28.7 Å². The fourth-order valence-corrected chi connectivity index (χ4v) is 5.65. The summed E-state index contributed by atoms with van der Waals surface area (Å²) in [5, 5.41) is 0. The first-order valence-electron chi connectivity index (χ1n) is 10.5. The van der Waals surface area contributed by atoms with Crippen LogP contribution in [0, 0.1) is 0 Å². The molecule has 8 heteroatoms. The number of carbonyl (C=O) groups excluding carboxylic acids is 3. The van der Waals surface area contributed by atoms with Gasteiger partial charge in [0.15, 0.2) is 11.6 Å². The molecule has 3 heterocycles. The molecule has 4 rings (SSSR count). The quantitative estimate of drug-likeness (QED) is 0.502. The number of carbonyl (C=O) groups is 3. The summed E-state index contributed by atoms with van der Waals surface area (Å²) in [6, 6.07) is 6.87. The van der Waals surface area contributed by atoms with E-state index >= 15 is 0 Å². The topological polar surface area (TPSA) is 89.3 Å². The number of likely N-dealkylation sites (tertiary alicyclic amines) is 2. The molecule has 3 saturated heterocycles. The maximum absolute atomic E-state index is 13.1. The van der Waals surface area contributed by atoms with Gasteiger partial charge < -0.3 is 15.5 Å². The Balaban J connectivity index is 1.47. The number of anilines is 1. The van der Waals surface area contributed by atoms with Gasteiger partial charge in [0.1, 0.15) is 0 Å². The van der Waals surface area contributed by atoms with Crippen molar-refractivity contribution in [2.45, 2.75) is 50.1 Å². The van der Waals surface area contributed by atoms with Crippen molar-refractivity contribution < 1.29 is 24.2 Å². The summed E-state index contributed by atoms with van der Waals surface area (Å²) >= 11 is 3.38. The fraction of sp³-hybridized carbons (Fsp3) is 0.571. The summed E-state index contributed by atoms with van der Waals surface area (Å²) in [5.41, 5.74) is 5.99. The zero-order chi connectivity index (χ0) is 20.6. The maximum Gasteiger partial charge on any atom is 0.292 e. The zero-order valence-electron chi connectivity index (χ0n) is 16.6. The second kappa shape index (κ2) is 8.16. The monoisotopic (exact) mass is 464 g/mol. The van der Waals surface area contributed by atoms with Crippen LogP contribution in [0.25, 0.3) is 0 Å². The van der Waals surface area contributed by atoms with Gasteiger partial charge >= 0.3 is 0 Å². The van der Waals surface area contributed by atoms with E-state index in [0.717, 1.165) is 35.3 Å². The highest BCUT2D eigenvalue weighted by molar-refractivity contribution is 9.10. The van der Waals surface area contributed by atoms with Gasteiger partial charge in [0.05, 0.1) is 51.1 Å². The molecule has 3 amide bonds. The SMILES string of the molecule is NC(=O)C1([NH+]2CCCCC2)CC[NH+]([C@@H]2CC(=O)N(c3ccc(Br)cc3)C2=O)CC1. The van der Waals surface area contributed by atoms with Crippen LogP contribution in [0.15, 0.2) is 28.7 Å². The number of hydrogen-bond acceptors (Lipinski definition) is 3. The third-order valence-electron chi connectivity index (χ3n) is 7.08. The highest BCUT2D eigenvalue weighted by Gasteiger charge is 2.54. The number of primary amides is 1. The molecule has 3 aliphatic heterocycles. The van der Waals surface area contributed by atoms with Gasteiger partial charge in [0, 0.05) is 4.47 Å². The van der Waals surface area contributed by atoms with Gasteiger partial charge in [-0.05, 0) is 43.5 Å². The van der Waals surface area contributed by atoms with Gasteiger partial charge in [-0.1, -0.05) is 15.9 Å². The predicted molar refractivity (Wildman–Crippen MR) is 111 cm³/mol. The first kappa shape index (κ1) is 20.5. The predicted octanol–water partition coefficient (Wildman–Crippen LogP) is -0.947. The lowest BCUT2D eigenvalue weighted by atomic mass is 9.83. The number of rotatable bonds is 4. The van der Waals surface area contributed by atoms with Gasteiger partial charge in [-0.25, -0.2) is 4.90 Å². The summed E-state index contributed by atoms with van der Waals surface area (Å²) in [6.45, 7) is 3.39. The smallest absolute Gasteiger partial charge is 0.292 e. The number of imide groups is 1. The molecule has 3 fully saturated rings. The summed E-state index contributed by atoms with van der Waals surface area (Å²) < 4.78 is 0.904. The lowest BCUT2D eigenvalue weighted by Crippen LogP contribution is -3.27. The van der Waals surface area contributed by atoms with Crippen molar-refractivity contribution in [1.82, 2.24) is 0 Å². The molecule has 7 nitrogen and oxygen atoms in total. The van der Waals surface area contributed by atoms with Crippen LogP contribution in [-0.4, -0.2) is 55.5 Å². The molecule has 0 radical (unpaired) electrons. The van der Waals surface area contributed by atoms with Crippen molar-refractivity contribution in [2.75, 3.05) is 31.1 Å². The first-order valence-corrected chi connectivity index (χ1v) is 11.3. The van der Waals surface area contributed by atoms with E-state index in [9.17, 15) is 14.4 Å². The summed E-state index contributed by atoms with van der Waals surface area (Å²) in [5.74, 6) is -0.494. The highest BCUT2D eigenvalue weighted by atomic mass is 79.9. The lowest BCUT2D eigenvalue weighted by Gasteiger charge is -2.44. The molecule has 4 N–H and O–H groups in total. The number of piperidine rings is 2. The number of hydrogen-bond donors (Lipinski definition) is 3. The van der Waals surface area contributed by atoms with Crippen molar-refractivity contribution in [2.24, 2.45) is 5.73 Å². The molecule has 0 aliphatic carbocycles. The molecular formula is C21H29BrN4O3+2. The van der Waals surface area contributed by atoms with Crippen LogP contribution in [-0.2, 0) is 14.4 Å². The largest absolute Gasteiger partial charge is 0.364 e. The van der Waals surface area contributed by atoms with Crippen LogP contribution in [0.5, 0.6) is 0 Å². The van der Waals surface area contributed by atoms with E-state index in [0.29, 0.717) is 31.6 Å². The Bertz CT molecular complexity index is 799. The van der Waals surface area contributed by atoms with Crippen molar-refractivity contribution >= 4 is 39.3 Å². The molecular weight excluding hydrogens is 436 g/mol. The molecule has 0 saturated carbocycles. The number of halogens is 1. The first-order chi connectivity index (χ1) is 13.9. The summed E-state index contributed by atoms with van der Waals surface area (Å²) in [6.07, 6.45) is 5.09. The van der Waals surface area contributed by atoms with Crippen LogP contribution in [0.2, 0.25) is 0 Å². The number of amides is 3. The Morgan fingerprint density at radius 1 is 1.03 bits per heavy atom. The second-order valence-corrected chi connectivity index (χ2v) is 9.49. The van der Waals surface area contributed by atoms with Crippen LogP contribution in [0.3, 0.4) is 0 Å². The summed E-state index contributed by atoms with van der Waals surface area (Å²) in [4.78, 5) is 41.9. The Hall–Kier alpha value is -1.77. The molecule has 0 aromatic heterocycles. The van der Waals surface area contributed by atoms with E-state index in [1.165, 1.54) is 16.2 Å². The number of nitrogens with one attached hydrogen (secondary N) is 2. The van der Waals surface area contributed by atoms with Gasteiger partial charge in [-0.3, -0.25) is 14.4 Å². The van der Waals surface area contributed by atoms with Gasteiger partial charge in [-0.2, -0.15) is 0 Å². The minimum absolute atomic E-state index is 0.135. The van der Waals surface area contributed by atoms with Gasteiger partial charge in [0.2, 0.25) is 5.91 Å². The number of quaternary nitrogens is 2. The van der Waals surface area contributed by atoms with Crippen molar-refractivity contribution in [3.8, 4) is 0 Å².